The topological polar surface area (TPSA) is 60.4 Å². The molecule has 6 heteroatoms. The number of carbonyl (C=O) groups excluding carboxylic acids is 1. The Bertz CT molecular complexity index is 627. The number of hydrogen-bond acceptors (Lipinski definition) is 5. The van der Waals surface area contributed by atoms with Gasteiger partial charge in [0.05, 0.1) is 26.5 Å². The van der Waals surface area contributed by atoms with Crippen LogP contribution in [0, 0.1) is 0 Å². The highest BCUT2D eigenvalue weighted by Crippen LogP contribution is 2.29. The van der Waals surface area contributed by atoms with Crippen LogP contribution < -0.4 is 9.47 Å². The first-order chi connectivity index (χ1) is 11.6. The molecule has 0 saturated carbocycles. The lowest BCUT2D eigenvalue weighted by Crippen LogP contribution is -2.37. The highest BCUT2D eigenvalue weighted by molar-refractivity contribution is 6.01. The number of benzene rings is 1. The Morgan fingerprint density at radius 2 is 2.17 bits per heavy atom. The van der Waals surface area contributed by atoms with E-state index in [1.807, 2.05) is 25.1 Å². The normalized spacial score (nSPS) is 16.1. The Labute approximate surface area is 142 Å². The molecule has 0 aliphatic carbocycles. The average Bonchev–Trinajstić information content (AvgIpc) is 3.08. The molecule has 1 amide bonds. The highest BCUT2D eigenvalue weighted by Gasteiger charge is 2.26. The van der Waals surface area contributed by atoms with Crippen molar-refractivity contribution in [1.82, 2.24) is 4.90 Å². The van der Waals surface area contributed by atoms with E-state index in [9.17, 15) is 4.79 Å². The third-order valence-electron chi connectivity index (χ3n) is 3.88. The number of methoxy groups -OCH3 is 2. The van der Waals surface area contributed by atoms with Crippen molar-refractivity contribution in [2.75, 3.05) is 27.3 Å². The predicted molar refractivity (Wildman–Crippen MR) is 92.6 cm³/mol. The van der Waals surface area contributed by atoms with Crippen molar-refractivity contribution in [2.24, 2.45) is 5.16 Å². The van der Waals surface area contributed by atoms with Crippen LogP contribution in [0.25, 0.3) is 0 Å². The second-order valence-electron chi connectivity index (χ2n) is 5.48. The summed E-state index contributed by atoms with van der Waals surface area (Å²) in [6.07, 6.45) is 2.67. The van der Waals surface area contributed by atoms with Gasteiger partial charge < -0.3 is 19.2 Å². The van der Waals surface area contributed by atoms with E-state index >= 15 is 0 Å². The van der Waals surface area contributed by atoms with Crippen LogP contribution in [0.5, 0.6) is 11.5 Å². The predicted octanol–water partition coefficient (Wildman–Crippen LogP) is 2.62. The van der Waals surface area contributed by atoms with Gasteiger partial charge in [0.25, 0.3) is 0 Å². The zero-order valence-corrected chi connectivity index (χ0v) is 14.4. The van der Waals surface area contributed by atoms with Crippen molar-refractivity contribution >= 4 is 11.6 Å². The van der Waals surface area contributed by atoms with Gasteiger partial charge in [-0.05, 0) is 18.2 Å². The van der Waals surface area contributed by atoms with Gasteiger partial charge in [0, 0.05) is 24.9 Å². The maximum atomic E-state index is 11.9. The highest BCUT2D eigenvalue weighted by atomic mass is 16.6. The maximum absolute atomic E-state index is 11.9. The molecule has 6 nitrogen and oxygen atoms in total. The third-order valence-corrected chi connectivity index (χ3v) is 3.88. The lowest BCUT2D eigenvalue weighted by Gasteiger charge is -2.22. The Kier molecular flexibility index (Phi) is 6.23. The van der Waals surface area contributed by atoms with E-state index in [4.69, 9.17) is 14.3 Å². The minimum Gasteiger partial charge on any atom is -0.493 e. The van der Waals surface area contributed by atoms with E-state index in [0.29, 0.717) is 37.4 Å². The second kappa shape index (κ2) is 8.38. The Hall–Kier alpha value is -2.50. The van der Waals surface area contributed by atoms with E-state index in [1.54, 1.807) is 25.2 Å². The number of rotatable bonds is 8. The van der Waals surface area contributed by atoms with Gasteiger partial charge in [-0.25, -0.2) is 0 Å². The number of ether oxygens (including phenoxy) is 2. The largest absolute Gasteiger partial charge is 0.493 e. The fourth-order valence-electron chi connectivity index (χ4n) is 2.62. The van der Waals surface area contributed by atoms with Crippen molar-refractivity contribution in [3.63, 3.8) is 0 Å². The molecular formula is C18H24N2O4. The zero-order valence-electron chi connectivity index (χ0n) is 14.4. The molecule has 0 spiro atoms. The standard InChI is InChI=1S/C18H24N2O4/c1-5-9-20(18(21)6-2)12-14-11-15(19-24-14)13-7-8-16(22-3)17(10-13)23-4/h5,7-8,10,14H,1,6,9,11-12H2,2-4H3. The summed E-state index contributed by atoms with van der Waals surface area (Å²) in [4.78, 5) is 19.2. The minimum atomic E-state index is -0.149. The molecule has 1 heterocycles. The Balaban J connectivity index is 2.04. The lowest BCUT2D eigenvalue weighted by atomic mass is 10.0. The van der Waals surface area contributed by atoms with Gasteiger partial charge in [-0.3, -0.25) is 4.79 Å². The van der Waals surface area contributed by atoms with E-state index < -0.39 is 0 Å². The summed E-state index contributed by atoms with van der Waals surface area (Å²) in [5.41, 5.74) is 1.76. The summed E-state index contributed by atoms with van der Waals surface area (Å²) < 4.78 is 10.6. The SMILES string of the molecule is C=CCN(CC1CC(c2ccc(OC)c(OC)c2)=NO1)C(=O)CC. The summed E-state index contributed by atoms with van der Waals surface area (Å²) in [6, 6.07) is 5.64. The van der Waals surface area contributed by atoms with Crippen LogP contribution in [-0.4, -0.2) is 49.9 Å². The molecule has 1 aromatic carbocycles. The molecule has 1 atom stereocenters. The molecule has 2 rings (SSSR count). The lowest BCUT2D eigenvalue weighted by molar-refractivity contribution is -0.132. The monoisotopic (exact) mass is 332 g/mol. The average molecular weight is 332 g/mol. The summed E-state index contributed by atoms with van der Waals surface area (Å²) in [5, 5.41) is 4.17. The molecule has 0 N–H and O–H groups in total. The molecule has 0 bridgehead atoms. The summed E-state index contributed by atoms with van der Waals surface area (Å²) >= 11 is 0. The first-order valence-electron chi connectivity index (χ1n) is 7.96. The van der Waals surface area contributed by atoms with Crippen LogP contribution in [0.3, 0.4) is 0 Å². The van der Waals surface area contributed by atoms with Crippen molar-refractivity contribution in [1.29, 1.82) is 0 Å². The van der Waals surface area contributed by atoms with E-state index in [-0.39, 0.29) is 12.0 Å². The van der Waals surface area contributed by atoms with E-state index in [2.05, 4.69) is 11.7 Å². The van der Waals surface area contributed by atoms with Gasteiger partial charge in [0.15, 0.2) is 17.6 Å². The molecule has 0 radical (unpaired) electrons. The Morgan fingerprint density at radius 1 is 1.42 bits per heavy atom. The maximum Gasteiger partial charge on any atom is 0.222 e. The van der Waals surface area contributed by atoms with Gasteiger partial charge >= 0.3 is 0 Å². The van der Waals surface area contributed by atoms with Crippen molar-refractivity contribution in [3.8, 4) is 11.5 Å². The summed E-state index contributed by atoms with van der Waals surface area (Å²) in [6.45, 7) is 6.56. The van der Waals surface area contributed by atoms with E-state index in [0.717, 1.165) is 11.3 Å². The van der Waals surface area contributed by atoms with Gasteiger partial charge in [-0.1, -0.05) is 18.2 Å². The van der Waals surface area contributed by atoms with Crippen LogP contribution in [-0.2, 0) is 9.63 Å². The number of carbonyl (C=O) groups is 1. The third kappa shape index (κ3) is 4.07. The molecular weight excluding hydrogens is 308 g/mol. The first-order valence-corrected chi connectivity index (χ1v) is 7.96. The summed E-state index contributed by atoms with van der Waals surface area (Å²) in [5.74, 6) is 1.40. The van der Waals surface area contributed by atoms with Gasteiger partial charge in [0.1, 0.15) is 0 Å². The number of oxime groups is 1. The minimum absolute atomic E-state index is 0.0815. The number of hydrogen-bond donors (Lipinski definition) is 0. The fraction of sp³-hybridized carbons (Fsp3) is 0.444. The molecule has 0 fully saturated rings. The molecule has 1 aliphatic heterocycles. The van der Waals surface area contributed by atoms with Crippen LogP contribution in [0.4, 0.5) is 0 Å². The zero-order chi connectivity index (χ0) is 17.5. The van der Waals surface area contributed by atoms with Crippen LogP contribution >= 0.6 is 0 Å². The van der Waals surface area contributed by atoms with Crippen LogP contribution in [0.2, 0.25) is 0 Å². The first kappa shape index (κ1) is 17.8. The van der Waals surface area contributed by atoms with Gasteiger partial charge in [-0.15, -0.1) is 6.58 Å². The molecule has 0 aromatic heterocycles. The van der Waals surface area contributed by atoms with Gasteiger partial charge in [0.2, 0.25) is 5.91 Å². The molecule has 0 saturated heterocycles. The van der Waals surface area contributed by atoms with Crippen LogP contribution in [0.15, 0.2) is 36.0 Å². The second-order valence-corrected chi connectivity index (χ2v) is 5.48. The summed E-state index contributed by atoms with van der Waals surface area (Å²) in [7, 11) is 3.20. The number of nitrogens with zero attached hydrogens (tertiary/aromatic N) is 2. The van der Waals surface area contributed by atoms with Crippen molar-refractivity contribution in [3.05, 3.63) is 36.4 Å². The Morgan fingerprint density at radius 3 is 2.79 bits per heavy atom. The number of amides is 1. The smallest absolute Gasteiger partial charge is 0.222 e. The van der Waals surface area contributed by atoms with E-state index in [1.165, 1.54) is 0 Å². The molecule has 1 aromatic rings. The molecule has 24 heavy (non-hydrogen) atoms. The molecule has 1 aliphatic rings. The molecule has 130 valence electrons. The quantitative estimate of drug-likeness (QED) is 0.687. The fourth-order valence-corrected chi connectivity index (χ4v) is 2.62. The van der Waals surface area contributed by atoms with Crippen LogP contribution in [0.1, 0.15) is 25.3 Å². The van der Waals surface area contributed by atoms with Gasteiger partial charge in [-0.2, -0.15) is 0 Å². The molecule has 1 unspecified atom stereocenters. The van der Waals surface area contributed by atoms with Crippen molar-refractivity contribution < 1.29 is 19.1 Å². The van der Waals surface area contributed by atoms with Crippen molar-refractivity contribution in [2.45, 2.75) is 25.9 Å².